The second kappa shape index (κ2) is 11.3. The van der Waals surface area contributed by atoms with Crippen LogP contribution in [0.5, 0.6) is 5.75 Å². The number of carbonyl (C=O) groups is 1. The van der Waals surface area contributed by atoms with Gasteiger partial charge in [0.05, 0.1) is 32.1 Å². The molecule has 7 heteroatoms. The van der Waals surface area contributed by atoms with E-state index in [1.807, 2.05) is 56.3 Å². The maximum Gasteiger partial charge on any atom is 0.257 e. The highest BCUT2D eigenvalue weighted by molar-refractivity contribution is 6.10. The van der Waals surface area contributed by atoms with Gasteiger partial charge in [0.2, 0.25) is 5.96 Å². The van der Waals surface area contributed by atoms with Crippen LogP contribution in [0.2, 0.25) is 0 Å². The number of nitrogens with one attached hydrogen (secondary N) is 2. The number of benzene rings is 2. The molecule has 1 aliphatic heterocycles. The van der Waals surface area contributed by atoms with Gasteiger partial charge in [-0.15, -0.1) is 0 Å². The minimum Gasteiger partial charge on any atom is -0.492 e. The van der Waals surface area contributed by atoms with Crippen molar-refractivity contribution in [2.45, 2.75) is 13.8 Å². The first-order valence-electron chi connectivity index (χ1n) is 10.4. The molecule has 3 rings (SSSR count). The highest BCUT2D eigenvalue weighted by atomic mass is 16.5. The highest BCUT2D eigenvalue weighted by Crippen LogP contribution is 2.23. The molecule has 0 aromatic heterocycles. The molecule has 2 aromatic rings. The molecule has 0 spiro atoms. The van der Waals surface area contributed by atoms with Gasteiger partial charge >= 0.3 is 0 Å². The van der Waals surface area contributed by atoms with Crippen LogP contribution in [0.15, 0.2) is 53.5 Å². The normalized spacial score (nSPS) is 14.9. The Balaban J connectivity index is 1.73. The van der Waals surface area contributed by atoms with Crippen LogP contribution in [0.3, 0.4) is 0 Å². The number of nitrogens with zero attached hydrogens (tertiary/aromatic N) is 2. The molecule has 1 amide bonds. The van der Waals surface area contributed by atoms with Crippen LogP contribution in [-0.2, 0) is 4.74 Å². The van der Waals surface area contributed by atoms with E-state index in [1.54, 1.807) is 6.07 Å². The summed E-state index contributed by atoms with van der Waals surface area (Å²) in [6, 6.07) is 15.1. The van der Waals surface area contributed by atoms with Crippen molar-refractivity contribution >= 4 is 17.6 Å². The fourth-order valence-corrected chi connectivity index (χ4v) is 3.18. The van der Waals surface area contributed by atoms with E-state index in [0.717, 1.165) is 44.1 Å². The van der Waals surface area contributed by atoms with Gasteiger partial charge in [0.1, 0.15) is 5.75 Å². The van der Waals surface area contributed by atoms with Gasteiger partial charge in [0.15, 0.2) is 0 Å². The van der Waals surface area contributed by atoms with Crippen LogP contribution < -0.4 is 15.4 Å². The lowest BCUT2D eigenvalue weighted by Crippen LogP contribution is -2.39. The number of carbonyl (C=O) groups excluding carboxylic acids is 1. The van der Waals surface area contributed by atoms with Crippen LogP contribution in [-0.4, -0.2) is 62.8 Å². The Morgan fingerprint density at radius 3 is 2.73 bits per heavy atom. The molecule has 1 fully saturated rings. The van der Waals surface area contributed by atoms with Crippen LogP contribution >= 0.6 is 0 Å². The minimum absolute atomic E-state index is 0.204. The van der Waals surface area contributed by atoms with E-state index in [4.69, 9.17) is 9.47 Å². The maximum atomic E-state index is 12.8. The molecule has 1 heterocycles. The summed E-state index contributed by atoms with van der Waals surface area (Å²) in [5.41, 5.74) is 2.38. The van der Waals surface area contributed by atoms with Crippen molar-refractivity contribution in [3.63, 3.8) is 0 Å². The van der Waals surface area contributed by atoms with Gasteiger partial charge in [-0.3, -0.25) is 20.0 Å². The van der Waals surface area contributed by atoms with Crippen LogP contribution in [0.1, 0.15) is 22.8 Å². The van der Waals surface area contributed by atoms with E-state index >= 15 is 0 Å². The number of rotatable bonds is 7. The third-order valence-electron chi connectivity index (χ3n) is 4.74. The average Bonchev–Trinajstić information content (AvgIpc) is 2.76. The number of guanidine groups is 1. The molecule has 7 nitrogen and oxygen atoms in total. The van der Waals surface area contributed by atoms with Crippen molar-refractivity contribution in [3.05, 3.63) is 59.7 Å². The van der Waals surface area contributed by atoms with Crippen molar-refractivity contribution in [3.8, 4) is 5.75 Å². The summed E-state index contributed by atoms with van der Waals surface area (Å²) in [6.07, 6.45) is 0. The minimum atomic E-state index is -0.204. The summed E-state index contributed by atoms with van der Waals surface area (Å²) in [7, 11) is 0. The number of ether oxygens (including phenoxy) is 2. The van der Waals surface area contributed by atoms with Gasteiger partial charge in [0, 0.05) is 25.2 Å². The first-order chi connectivity index (χ1) is 14.7. The zero-order valence-corrected chi connectivity index (χ0v) is 17.7. The fraction of sp³-hybridized carbons (Fsp3) is 0.391. The Morgan fingerprint density at radius 2 is 1.97 bits per heavy atom. The standard InChI is InChI=1S/C23H30N4O3/c1-3-30-21-10-5-4-9-20(21)25-23(24-11-12-27-13-15-29-16-14-27)26-22(28)19-8-6-7-18(2)17-19/h4-10,17H,3,11-16H2,1-2H3,(H2,24,25,26,28). The van der Waals surface area contributed by atoms with Crippen molar-refractivity contribution in [2.24, 2.45) is 4.99 Å². The van der Waals surface area contributed by atoms with Crippen molar-refractivity contribution in [1.82, 2.24) is 10.2 Å². The molecule has 0 aliphatic carbocycles. The third-order valence-corrected chi connectivity index (χ3v) is 4.74. The molecule has 0 bridgehead atoms. The van der Waals surface area contributed by atoms with Gasteiger partial charge in [-0.1, -0.05) is 29.8 Å². The van der Waals surface area contributed by atoms with Gasteiger partial charge in [-0.25, -0.2) is 0 Å². The quantitative estimate of drug-likeness (QED) is 0.542. The summed E-state index contributed by atoms with van der Waals surface area (Å²) in [6.45, 7) is 9.13. The molecule has 0 radical (unpaired) electrons. The highest BCUT2D eigenvalue weighted by Gasteiger charge is 2.13. The van der Waals surface area contributed by atoms with E-state index in [-0.39, 0.29) is 5.91 Å². The monoisotopic (exact) mass is 410 g/mol. The lowest BCUT2D eigenvalue weighted by molar-refractivity contribution is 0.0394. The predicted molar refractivity (Wildman–Crippen MR) is 119 cm³/mol. The Bertz CT molecular complexity index is 863. The Hall–Kier alpha value is -2.90. The summed E-state index contributed by atoms with van der Waals surface area (Å²) in [5, 5.41) is 6.15. The number of para-hydroxylation sites is 2. The molecule has 0 atom stereocenters. The lowest BCUT2D eigenvalue weighted by atomic mass is 10.1. The first kappa shape index (κ1) is 21.8. The molecular weight excluding hydrogens is 380 g/mol. The van der Waals surface area contributed by atoms with Crippen LogP contribution in [0.25, 0.3) is 0 Å². The number of aliphatic imine (C=N–C) groups is 1. The van der Waals surface area contributed by atoms with Crippen LogP contribution in [0, 0.1) is 6.92 Å². The smallest absolute Gasteiger partial charge is 0.257 e. The molecule has 0 saturated carbocycles. The van der Waals surface area contributed by atoms with E-state index < -0.39 is 0 Å². The number of morpholine rings is 1. The first-order valence-corrected chi connectivity index (χ1v) is 10.4. The van der Waals surface area contributed by atoms with Gasteiger partial charge in [-0.05, 0) is 38.1 Å². The maximum absolute atomic E-state index is 12.8. The fourth-order valence-electron chi connectivity index (χ4n) is 3.18. The topological polar surface area (TPSA) is 75.2 Å². The zero-order valence-electron chi connectivity index (χ0n) is 17.7. The second-order valence-corrected chi connectivity index (χ2v) is 7.06. The summed E-state index contributed by atoms with van der Waals surface area (Å²) in [5.74, 6) is 0.915. The molecule has 1 saturated heterocycles. The summed E-state index contributed by atoms with van der Waals surface area (Å²) in [4.78, 5) is 19.7. The molecule has 2 aromatic carbocycles. The number of hydrogen-bond acceptors (Lipinski definition) is 5. The summed E-state index contributed by atoms with van der Waals surface area (Å²) < 4.78 is 11.1. The summed E-state index contributed by atoms with van der Waals surface area (Å²) >= 11 is 0. The Kier molecular flexibility index (Phi) is 8.23. The molecular formula is C23H30N4O3. The number of anilines is 1. The predicted octanol–water partition coefficient (Wildman–Crippen LogP) is 2.92. The molecule has 1 aliphatic rings. The molecule has 30 heavy (non-hydrogen) atoms. The van der Waals surface area contributed by atoms with Gasteiger partial charge in [-0.2, -0.15) is 0 Å². The SMILES string of the molecule is CCOc1ccccc1NC(=NCCN1CCOCC1)NC(=O)c1cccc(C)c1. The molecule has 2 N–H and O–H groups in total. The molecule has 160 valence electrons. The Labute approximate surface area is 178 Å². The zero-order chi connectivity index (χ0) is 21.2. The van der Waals surface area contributed by atoms with Gasteiger partial charge in [0.25, 0.3) is 5.91 Å². The van der Waals surface area contributed by atoms with E-state index in [2.05, 4.69) is 20.5 Å². The number of aryl methyl sites for hydroxylation is 1. The largest absolute Gasteiger partial charge is 0.492 e. The van der Waals surface area contributed by atoms with Crippen LogP contribution in [0.4, 0.5) is 5.69 Å². The van der Waals surface area contributed by atoms with Gasteiger partial charge < -0.3 is 14.8 Å². The average molecular weight is 411 g/mol. The lowest BCUT2D eigenvalue weighted by Gasteiger charge is -2.25. The van der Waals surface area contributed by atoms with Crippen molar-refractivity contribution in [1.29, 1.82) is 0 Å². The number of hydrogen-bond donors (Lipinski definition) is 2. The van der Waals surface area contributed by atoms with E-state index in [0.29, 0.717) is 30.4 Å². The second-order valence-electron chi connectivity index (χ2n) is 7.06. The van der Waals surface area contributed by atoms with E-state index in [9.17, 15) is 4.79 Å². The van der Waals surface area contributed by atoms with Crippen molar-refractivity contribution in [2.75, 3.05) is 51.3 Å². The third kappa shape index (κ3) is 6.57. The Morgan fingerprint density at radius 1 is 1.17 bits per heavy atom. The van der Waals surface area contributed by atoms with Crippen molar-refractivity contribution < 1.29 is 14.3 Å². The van der Waals surface area contributed by atoms with E-state index in [1.165, 1.54) is 0 Å². The molecule has 0 unspecified atom stereocenters. The number of amides is 1.